The van der Waals surface area contributed by atoms with Crippen molar-refractivity contribution in [3.63, 3.8) is 0 Å². The Bertz CT molecular complexity index is 379. The molecular weight excluding hydrogens is 242 g/mol. The lowest BCUT2D eigenvalue weighted by Crippen LogP contribution is -2.63. The van der Waals surface area contributed by atoms with Crippen LogP contribution in [0.5, 0.6) is 0 Å². The summed E-state index contributed by atoms with van der Waals surface area (Å²) >= 11 is 0. The molecule has 0 aliphatic carbocycles. The third-order valence-corrected chi connectivity index (χ3v) is 5.02. The highest BCUT2D eigenvalue weighted by atomic mass is 16.5. The van der Waals surface area contributed by atoms with Gasteiger partial charge in [-0.25, -0.2) is 0 Å². The molecule has 0 aromatic carbocycles. The zero-order chi connectivity index (χ0) is 13.7. The van der Waals surface area contributed by atoms with Gasteiger partial charge in [-0.05, 0) is 26.7 Å². The summed E-state index contributed by atoms with van der Waals surface area (Å²) in [6.07, 6.45) is 2.57. The quantitative estimate of drug-likeness (QED) is 0.768. The number of nitrogens with one attached hydrogen (secondary N) is 1. The largest absolute Gasteiger partial charge is 0.368 e. The molecule has 0 aromatic heterocycles. The Morgan fingerprint density at radius 1 is 1.37 bits per heavy atom. The molecule has 3 fully saturated rings. The number of carbonyl (C=O) groups is 1. The summed E-state index contributed by atoms with van der Waals surface area (Å²) in [5.41, 5.74) is -0.282. The molecule has 3 heterocycles. The fourth-order valence-corrected chi connectivity index (χ4v) is 3.51. The van der Waals surface area contributed by atoms with Crippen molar-refractivity contribution in [2.45, 2.75) is 43.9 Å². The van der Waals surface area contributed by atoms with Gasteiger partial charge in [0.15, 0.2) is 0 Å². The molecule has 3 aliphatic heterocycles. The van der Waals surface area contributed by atoms with E-state index >= 15 is 0 Å². The lowest BCUT2D eigenvalue weighted by Gasteiger charge is -2.46. The monoisotopic (exact) mass is 267 g/mol. The molecule has 5 nitrogen and oxygen atoms in total. The van der Waals surface area contributed by atoms with Crippen LogP contribution >= 0.6 is 0 Å². The maximum Gasteiger partial charge on any atom is 0.242 e. The maximum atomic E-state index is 12.3. The minimum atomic E-state index is -0.399. The van der Waals surface area contributed by atoms with E-state index in [0.29, 0.717) is 0 Å². The lowest BCUT2D eigenvalue weighted by atomic mass is 9.93. The summed E-state index contributed by atoms with van der Waals surface area (Å²) < 4.78 is 6.21. The van der Waals surface area contributed by atoms with E-state index in [1.807, 2.05) is 25.8 Å². The number of carbonyl (C=O) groups excluding carboxylic acids is 1. The van der Waals surface area contributed by atoms with Gasteiger partial charge in [0.05, 0.1) is 17.2 Å². The number of ether oxygens (including phenoxy) is 1. The third-order valence-electron chi connectivity index (χ3n) is 5.02. The Kier molecular flexibility index (Phi) is 3.11. The molecule has 1 N–H and O–H groups in total. The first-order valence-corrected chi connectivity index (χ1v) is 7.32. The second-order valence-corrected chi connectivity index (χ2v) is 6.80. The fourth-order valence-electron chi connectivity index (χ4n) is 3.51. The van der Waals surface area contributed by atoms with E-state index in [9.17, 15) is 4.79 Å². The van der Waals surface area contributed by atoms with E-state index in [1.165, 1.54) is 0 Å². The summed E-state index contributed by atoms with van der Waals surface area (Å²) in [6, 6.07) is 0. The van der Waals surface area contributed by atoms with Gasteiger partial charge in [-0.1, -0.05) is 0 Å². The van der Waals surface area contributed by atoms with Crippen molar-refractivity contribution in [3.8, 4) is 0 Å². The van der Waals surface area contributed by atoms with E-state index in [2.05, 4.69) is 10.2 Å². The predicted molar refractivity (Wildman–Crippen MR) is 73.0 cm³/mol. The maximum absolute atomic E-state index is 12.3. The van der Waals surface area contributed by atoms with Crippen LogP contribution in [0.15, 0.2) is 0 Å². The number of likely N-dealkylation sites (N-methyl/N-ethyl adjacent to an activating group) is 1. The van der Waals surface area contributed by atoms with Crippen molar-refractivity contribution >= 4 is 5.91 Å². The number of amides is 1. The number of hydrogen-bond donors (Lipinski definition) is 1. The van der Waals surface area contributed by atoms with Gasteiger partial charge in [-0.15, -0.1) is 0 Å². The van der Waals surface area contributed by atoms with Gasteiger partial charge in [0.25, 0.3) is 0 Å². The number of rotatable bonds is 2. The van der Waals surface area contributed by atoms with Crippen LogP contribution in [0.3, 0.4) is 0 Å². The molecule has 0 saturated carbocycles. The summed E-state index contributed by atoms with van der Waals surface area (Å²) in [6.45, 7) is 8.70. The Labute approximate surface area is 115 Å². The van der Waals surface area contributed by atoms with E-state index in [-0.39, 0.29) is 17.6 Å². The average molecular weight is 267 g/mol. The van der Waals surface area contributed by atoms with E-state index in [1.54, 1.807) is 0 Å². The first-order valence-electron chi connectivity index (χ1n) is 7.32. The van der Waals surface area contributed by atoms with Crippen LogP contribution in [-0.2, 0) is 9.53 Å². The van der Waals surface area contributed by atoms with Crippen LogP contribution in [-0.4, -0.2) is 72.7 Å². The van der Waals surface area contributed by atoms with Crippen molar-refractivity contribution in [2.75, 3.05) is 39.8 Å². The first-order chi connectivity index (χ1) is 8.93. The van der Waals surface area contributed by atoms with Gasteiger partial charge < -0.3 is 15.0 Å². The third kappa shape index (κ3) is 2.18. The van der Waals surface area contributed by atoms with Crippen LogP contribution in [0.1, 0.15) is 26.7 Å². The summed E-state index contributed by atoms with van der Waals surface area (Å²) in [4.78, 5) is 16.4. The lowest BCUT2D eigenvalue weighted by molar-refractivity contribution is -0.150. The van der Waals surface area contributed by atoms with Crippen LogP contribution in [0.25, 0.3) is 0 Å². The molecule has 1 unspecified atom stereocenters. The molecular formula is C14H25N3O2. The highest BCUT2D eigenvalue weighted by molar-refractivity contribution is 5.86. The van der Waals surface area contributed by atoms with Gasteiger partial charge in [0.2, 0.25) is 5.91 Å². The number of nitrogens with zero attached hydrogens (tertiary/aromatic N) is 2. The van der Waals surface area contributed by atoms with Crippen molar-refractivity contribution in [3.05, 3.63) is 0 Å². The molecule has 3 saturated heterocycles. The summed E-state index contributed by atoms with van der Waals surface area (Å²) in [7, 11) is 1.89. The van der Waals surface area contributed by atoms with Crippen LogP contribution in [0.2, 0.25) is 0 Å². The van der Waals surface area contributed by atoms with Gasteiger partial charge in [-0.3, -0.25) is 9.69 Å². The van der Waals surface area contributed by atoms with Gasteiger partial charge in [-0.2, -0.15) is 0 Å². The molecule has 19 heavy (non-hydrogen) atoms. The van der Waals surface area contributed by atoms with Crippen LogP contribution in [0.4, 0.5) is 0 Å². The Morgan fingerprint density at radius 2 is 2.11 bits per heavy atom. The molecule has 3 aliphatic rings. The first kappa shape index (κ1) is 13.3. The summed E-state index contributed by atoms with van der Waals surface area (Å²) in [5, 5.41) is 3.30. The molecule has 5 heteroatoms. The molecule has 3 rings (SSSR count). The smallest absolute Gasteiger partial charge is 0.242 e. The molecule has 0 radical (unpaired) electrons. The molecule has 1 spiro atoms. The van der Waals surface area contributed by atoms with E-state index in [0.717, 1.165) is 45.6 Å². The van der Waals surface area contributed by atoms with Crippen molar-refractivity contribution in [2.24, 2.45) is 0 Å². The predicted octanol–water partition coefficient (Wildman–Crippen LogP) is 0.0600. The normalized spacial score (nSPS) is 33.7. The van der Waals surface area contributed by atoms with Gasteiger partial charge in [0.1, 0.15) is 0 Å². The average Bonchev–Trinajstić information content (AvgIpc) is 2.75. The van der Waals surface area contributed by atoms with Crippen LogP contribution < -0.4 is 5.32 Å². The summed E-state index contributed by atoms with van der Waals surface area (Å²) in [5.74, 6) is 0.219. The Hall–Kier alpha value is -0.650. The standard InChI is InChI=1S/C14H25N3O2/c1-13(2)12(18)16(3)6-7-17(13)8-11-4-5-14(19-11)9-15-10-14/h11,15H,4-10H2,1-3H3. The second-order valence-electron chi connectivity index (χ2n) is 6.80. The van der Waals surface area contributed by atoms with Crippen LogP contribution in [0, 0.1) is 0 Å². The van der Waals surface area contributed by atoms with Gasteiger partial charge in [0, 0.05) is 39.8 Å². The molecule has 0 aromatic rings. The fraction of sp³-hybridized carbons (Fsp3) is 0.929. The topological polar surface area (TPSA) is 44.8 Å². The van der Waals surface area contributed by atoms with Crippen molar-refractivity contribution in [1.82, 2.24) is 15.1 Å². The highest BCUT2D eigenvalue weighted by Crippen LogP contribution is 2.35. The molecule has 0 bridgehead atoms. The highest BCUT2D eigenvalue weighted by Gasteiger charge is 2.47. The Balaban J connectivity index is 1.62. The molecule has 1 atom stereocenters. The SMILES string of the molecule is CN1CCN(CC2CCC3(CNC3)O2)C(C)(C)C1=O. The minimum absolute atomic E-state index is 0.116. The van der Waals surface area contributed by atoms with Gasteiger partial charge >= 0.3 is 0 Å². The number of hydrogen-bond acceptors (Lipinski definition) is 4. The van der Waals surface area contributed by atoms with Crippen molar-refractivity contribution in [1.29, 1.82) is 0 Å². The Morgan fingerprint density at radius 3 is 2.68 bits per heavy atom. The van der Waals surface area contributed by atoms with Crippen molar-refractivity contribution < 1.29 is 9.53 Å². The zero-order valence-electron chi connectivity index (χ0n) is 12.2. The van der Waals surface area contributed by atoms with E-state index < -0.39 is 5.54 Å². The minimum Gasteiger partial charge on any atom is -0.368 e. The van der Waals surface area contributed by atoms with E-state index in [4.69, 9.17) is 4.74 Å². The molecule has 1 amide bonds. The number of piperazine rings is 1. The molecule has 108 valence electrons. The second kappa shape index (κ2) is 4.43. The zero-order valence-corrected chi connectivity index (χ0v) is 12.2.